The van der Waals surface area contributed by atoms with Crippen LogP contribution >= 0.6 is 0 Å². The van der Waals surface area contributed by atoms with E-state index in [-0.39, 0.29) is 54.7 Å². The van der Waals surface area contributed by atoms with Crippen LogP contribution < -0.4 is 14.8 Å². The summed E-state index contributed by atoms with van der Waals surface area (Å²) in [5.74, 6) is -1.45. The quantitative estimate of drug-likeness (QED) is 0.202. The lowest BCUT2D eigenvalue weighted by Gasteiger charge is -2.21. The van der Waals surface area contributed by atoms with Crippen LogP contribution in [-0.4, -0.2) is 56.5 Å². The van der Waals surface area contributed by atoms with E-state index >= 15 is 0 Å². The molecule has 41 heavy (non-hydrogen) atoms. The first-order valence-corrected chi connectivity index (χ1v) is 14.4. The SMILES string of the molecule is COC(=O)[C@H](Cc1ccc(OC(=O)C(C)C(C)C)c(OC(=O)C(C)C(C)C)c1)NCC(C)OC(=O)OCCC(C)C. The summed E-state index contributed by atoms with van der Waals surface area (Å²) in [6, 6.07) is 4.03. The lowest BCUT2D eigenvalue weighted by molar-refractivity contribution is -0.143. The number of methoxy groups -OCH3 is 1. The topological polar surface area (TPSA) is 126 Å². The van der Waals surface area contributed by atoms with Crippen LogP contribution in [0.25, 0.3) is 0 Å². The number of benzene rings is 1. The highest BCUT2D eigenvalue weighted by atomic mass is 16.7. The first kappa shape index (κ1) is 35.9. The molecule has 0 aliphatic heterocycles. The summed E-state index contributed by atoms with van der Waals surface area (Å²) in [6.07, 6.45) is -0.450. The molecular weight excluding hydrogens is 530 g/mol. The molecule has 1 aromatic carbocycles. The lowest BCUT2D eigenvalue weighted by atomic mass is 9.98. The maximum Gasteiger partial charge on any atom is 0.508 e. The third-order valence-electron chi connectivity index (χ3n) is 6.96. The van der Waals surface area contributed by atoms with Crippen molar-refractivity contribution in [2.75, 3.05) is 20.3 Å². The van der Waals surface area contributed by atoms with Crippen molar-refractivity contribution in [1.29, 1.82) is 0 Å². The van der Waals surface area contributed by atoms with E-state index < -0.39 is 36.2 Å². The van der Waals surface area contributed by atoms with Gasteiger partial charge in [-0.1, -0.05) is 61.5 Å². The summed E-state index contributed by atoms with van der Waals surface area (Å²) in [4.78, 5) is 49.9. The molecule has 0 saturated heterocycles. The van der Waals surface area contributed by atoms with E-state index in [9.17, 15) is 19.2 Å². The fourth-order valence-corrected chi connectivity index (χ4v) is 3.33. The number of carbonyl (C=O) groups is 4. The average molecular weight is 580 g/mol. The second-order valence-electron chi connectivity index (χ2n) is 11.6. The van der Waals surface area contributed by atoms with Gasteiger partial charge in [-0.05, 0) is 55.2 Å². The van der Waals surface area contributed by atoms with Crippen molar-refractivity contribution in [2.24, 2.45) is 29.6 Å². The standard InChI is InChI=1S/C31H49NO9/c1-18(2)13-14-38-31(36)39-21(7)17-32-25(30(35)37-10)15-24-11-12-26(40-28(33)22(8)19(3)4)27(16-24)41-29(34)23(9)20(5)6/h11-12,16,18-23,25,32H,13-15,17H2,1-10H3/t21?,22?,23?,25-/m0/s1. The summed E-state index contributed by atoms with van der Waals surface area (Å²) in [5.41, 5.74) is 0.631. The van der Waals surface area contributed by atoms with Crippen molar-refractivity contribution in [1.82, 2.24) is 5.32 Å². The lowest BCUT2D eigenvalue weighted by Crippen LogP contribution is -2.43. The van der Waals surface area contributed by atoms with Crippen LogP contribution in [0, 0.1) is 29.6 Å². The monoisotopic (exact) mass is 579 g/mol. The van der Waals surface area contributed by atoms with Gasteiger partial charge in [-0.15, -0.1) is 0 Å². The molecule has 0 spiro atoms. The molecule has 1 N–H and O–H groups in total. The van der Waals surface area contributed by atoms with Gasteiger partial charge in [0.1, 0.15) is 12.1 Å². The zero-order valence-electron chi connectivity index (χ0n) is 26.3. The third kappa shape index (κ3) is 12.9. The molecule has 0 saturated carbocycles. The first-order chi connectivity index (χ1) is 19.2. The fraction of sp³-hybridized carbons (Fsp3) is 0.677. The molecule has 1 rings (SSSR count). The van der Waals surface area contributed by atoms with Crippen LogP contribution in [0.1, 0.15) is 74.3 Å². The minimum atomic E-state index is -0.796. The molecule has 4 atom stereocenters. The number of hydrogen-bond donors (Lipinski definition) is 1. The highest BCUT2D eigenvalue weighted by Crippen LogP contribution is 2.31. The van der Waals surface area contributed by atoms with Gasteiger partial charge in [-0.3, -0.25) is 14.4 Å². The first-order valence-electron chi connectivity index (χ1n) is 14.4. The van der Waals surface area contributed by atoms with E-state index in [4.69, 9.17) is 23.7 Å². The van der Waals surface area contributed by atoms with Crippen LogP contribution in [-0.2, 0) is 35.0 Å². The van der Waals surface area contributed by atoms with Crippen LogP contribution in [0.3, 0.4) is 0 Å². The highest BCUT2D eigenvalue weighted by molar-refractivity contribution is 5.79. The Bertz CT molecular complexity index is 1010. The van der Waals surface area contributed by atoms with Crippen LogP contribution in [0.4, 0.5) is 4.79 Å². The van der Waals surface area contributed by atoms with Gasteiger partial charge in [0.2, 0.25) is 0 Å². The molecule has 232 valence electrons. The van der Waals surface area contributed by atoms with Gasteiger partial charge in [-0.25, -0.2) is 4.79 Å². The van der Waals surface area contributed by atoms with E-state index in [1.807, 2.05) is 41.5 Å². The Labute approximate surface area is 244 Å². The number of carbonyl (C=O) groups excluding carboxylic acids is 4. The van der Waals surface area contributed by atoms with E-state index in [2.05, 4.69) is 5.32 Å². The molecule has 10 heteroatoms. The van der Waals surface area contributed by atoms with Gasteiger partial charge in [0.25, 0.3) is 0 Å². The number of nitrogens with one attached hydrogen (secondary N) is 1. The van der Waals surface area contributed by atoms with Crippen molar-refractivity contribution in [3.05, 3.63) is 23.8 Å². The van der Waals surface area contributed by atoms with Crippen LogP contribution in [0.2, 0.25) is 0 Å². The van der Waals surface area contributed by atoms with Gasteiger partial charge >= 0.3 is 24.1 Å². The van der Waals surface area contributed by atoms with Crippen molar-refractivity contribution < 1.29 is 42.9 Å². The smallest absolute Gasteiger partial charge is 0.468 e. The van der Waals surface area contributed by atoms with Gasteiger partial charge in [0.05, 0.1) is 25.6 Å². The molecule has 0 aromatic heterocycles. The van der Waals surface area contributed by atoms with Crippen LogP contribution in [0.5, 0.6) is 11.5 Å². The molecule has 0 fully saturated rings. The molecule has 0 radical (unpaired) electrons. The number of hydrogen-bond acceptors (Lipinski definition) is 10. The maximum atomic E-state index is 12.8. The van der Waals surface area contributed by atoms with E-state index in [1.165, 1.54) is 7.11 Å². The summed E-state index contributed by atoms with van der Waals surface area (Å²) in [7, 11) is 1.28. The minimum Gasteiger partial charge on any atom is -0.468 e. The minimum absolute atomic E-state index is 0.0437. The van der Waals surface area contributed by atoms with Gasteiger partial charge < -0.3 is 29.0 Å². The molecule has 1 aromatic rings. The Balaban J connectivity index is 3.07. The van der Waals surface area contributed by atoms with Gasteiger partial charge in [0, 0.05) is 6.54 Å². The zero-order chi connectivity index (χ0) is 31.3. The number of esters is 3. The Hall–Kier alpha value is -3.14. The molecule has 3 unspecified atom stereocenters. The largest absolute Gasteiger partial charge is 0.508 e. The van der Waals surface area contributed by atoms with E-state index in [0.29, 0.717) is 11.5 Å². The molecule has 0 amide bonds. The Morgan fingerprint density at radius 3 is 1.85 bits per heavy atom. The van der Waals surface area contributed by atoms with Gasteiger partial charge in [0.15, 0.2) is 11.5 Å². The van der Waals surface area contributed by atoms with Crippen LogP contribution in [0.15, 0.2) is 18.2 Å². The molecular formula is C31H49NO9. The van der Waals surface area contributed by atoms with Gasteiger partial charge in [-0.2, -0.15) is 0 Å². The molecule has 10 nitrogen and oxygen atoms in total. The third-order valence-corrected chi connectivity index (χ3v) is 6.96. The second-order valence-corrected chi connectivity index (χ2v) is 11.6. The maximum absolute atomic E-state index is 12.8. The zero-order valence-corrected chi connectivity index (χ0v) is 26.3. The van der Waals surface area contributed by atoms with Crippen molar-refractivity contribution >= 4 is 24.1 Å². The summed E-state index contributed by atoms with van der Waals surface area (Å²) in [6.45, 7) is 17.4. The Kier molecular flexibility index (Phi) is 15.4. The van der Waals surface area contributed by atoms with Crippen molar-refractivity contribution in [3.63, 3.8) is 0 Å². The predicted molar refractivity (Wildman–Crippen MR) is 155 cm³/mol. The average Bonchev–Trinajstić information content (AvgIpc) is 2.90. The Morgan fingerprint density at radius 1 is 0.780 bits per heavy atom. The fourth-order valence-electron chi connectivity index (χ4n) is 3.33. The Morgan fingerprint density at radius 2 is 1.34 bits per heavy atom. The number of rotatable bonds is 16. The summed E-state index contributed by atoms with van der Waals surface area (Å²) >= 11 is 0. The normalized spacial score (nSPS) is 14.3. The van der Waals surface area contributed by atoms with E-state index in [0.717, 1.165) is 6.42 Å². The summed E-state index contributed by atoms with van der Waals surface area (Å²) in [5, 5.41) is 3.07. The van der Waals surface area contributed by atoms with Crippen molar-refractivity contribution in [2.45, 2.75) is 87.3 Å². The number of ether oxygens (including phenoxy) is 5. The summed E-state index contributed by atoms with van der Waals surface area (Å²) < 4.78 is 26.6. The second kappa shape index (κ2) is 17.6. The molecule has 0 bridgehead atoms. The molecule has 0 aliphatic carbocycles. The van der Waals surface area contributed by atoms with Crippen molar-refractivity contribution in [3.8, 4) is 11.5 Å². The highest BCUT2D eigenvalue weighted by Gasteiger charge is 2.26. The van der Waals surface area contributed by atoms with E-state index in [1.54, 1.807) is 39.0 Å². The predicted octanol–water partition coefficient (Wildman–Crippen LogP) is 5.34. The molecule has 0 heterocycles. The molecule has 0 aliphatic rings.